The predicted octanol–water partition coefficient (Wildman–Crippen LogP) is 0.584. The summed E-state index contributed by atoms with van der Waals surface area (Å²) in [5.41, 5.74) is 0. The minimum Gasteiger partial charge on any atom is -0.379 e. The molecule has 2 N–H and O–H groups in total. The summed E-state index contributed by atoms with van der Waals surface area (Å²) in [6.07, 6.45) is 5.52. The Morgan fingerprint density at radius 1 is 1.27 bits per heavy atom. The number of morpholine rings is 1. The molecule has 3 unspecified atom stereocenters. The molecule has 0 aromatic rings. The van der Waals surface area contributed by atoms with Crippen LogP contribution in [0.5, 0.6) is 0 Å². The lowest BCUT2D eigenvalue weighted by Crippen LogP contribution is -2.47. The Hall–Kier alpha value is -0.850. The largest absolute Gasteiger partial charge is 0.379 e. The Kier molecular flexibility index (Phi) is 5.92. The average Bonchev–Trinajstić information content (AvgIpc) is 3.15. The minimum absolute atomic E-state index is 0.391. The molecule has 22 heavy (non-hydrogen) atoms. The standard InChI is InChI=1S/C16H30N4O2/c1-2-17-16(19-14-12-13-4-5-15(14)22-13)18-6-3-7-20-8-10-21-11-9-20/h13-15H,2-12H2,1H3,(H2,17,18,19). The van der Waals surface area contributed by atoms with E-state index in [4.69, 9.17) is 14.5 Å². The molecule has 3 atom stereocenters. The summed E-state index contributed by atoms with van der Waals surface area (Å²) < 4.78 is 11.3. The smallest absolute Gasteiger partial charge is 0.191 e. The first kappa shape index (κ1) is 16.0. The molecule has 0 aromatic heterocycles. The van der Waals surface area contributed by atoms with E-state index < -0.39 is 0 Å². The third kappa shape index (κ3) is 4.33. The molecule has 3 aliphatic heterocycles. The number of nitrogens with zero attached hydrogens (tertiary/aromatic N) is 2. The zero-order chi connectivity index (χ0) is 15.2. The first-order chi connectivity index (χ1) is 10.8. The summed E-state index contributed by atoms with van der Waals surface area (Å²) in [6.45, 7) is 8.86. The number of aliphatic imine (C=N–C) groups is 1. The van der Waals surface area contributed by atoms with Gasteiger partial charge in [0.25, 0.3) is 0 Å². The minimum atomic E-state index is 0.391. The van der Waals surface area contributed by atoms with E-state index in [1.54, 1.807) is 0 Å². The normalized spacial score (nSPS) is 32.4. The molecule has 2 bridgehead atoms. The van der Waals surface area contributed by atoms with Crippen molar-refractivity contribution >= 4 is 5.96 Å². The van der Waals surface area contributed by atoms with Crippen molar-refractivity contribution < 1.29 is 9.47 Å². The monoisotopic (exact) mass is 310 g/mol. The van der Waals surface area contributed by atoms with Crippen molar-refractivity contribution in [2.24, 2.45) is 4.99 Å². The van der Waals surface area contributed by atoms with Gasteiger partial charge in [-0.1, -0.05) is 0 Å². The van der Waals surface area contributed by atoms with E-state index in [-0.39, 0.29) is 0 Å². The van der Waals surface area contributed by atoms with Crippen molar-refractivity contribution in [1.29, 1.82) is 0 Å². The maximum atomic E-state index is 5.91. The van der Waals surface area contributed by atoms with Gasteiger partial charge < -0.3 is 20.1 Å². The maximum Gasteiger partial charge on any atom is 0.191 e. The summed E-state index contributed by atoms with van der Waals surface area (Å²) in [5, 5.41) is 6.92. The van der Waals surface area contributed by atoms with Crippen molar-refractivity contribution in [3.8, 4) is 0 Å². The molecule has 3 heterocycles. The van der Waals surface area contributed by atoms with E-state index in [0.717, 1.165) is 64.7 Å². The van der Waals surface area contributed by atoms with Gasteiger partial charge in [-0.05, 0) is 32.6 Å². The fraction of sp³-hybridized carbons (Fsp3) is 0.938. The topological polar surface area (TPSA) is 58.1 Å². The predicted molar refractivity (Wildman–Crippen MR) is 87.3 cm³/mol. The van der Waals surface area contributed by atoms with Crippen LogP contribution >= 0.6 is 0 Å². The number of nitrogens with one attached hydrogen (secondary N) is 2. The average molecular weight is 310 g/mol. The lowest BCUT2D eigenvalue weighted by atomic mass is 9.96. The van der Waals surface area contributed by atoms with Crippen LogP contribution in [0.2, 0.25) is 0 Å². The van der Waals surface area contributed by atoms with Crippen LogP contribution in [-0.2, 0) is 9.47 Å². The van der Waals surface area contributed by atoms with Gasteiger partial charge in [-0.2, -0.15) is 0 Å². The molecule has 6 nitrogen and oxygen atoms in total. The highest BCUT2D eigenvalue weighted by Gasteiger charge is 2.41. The Morgan fingerprint density at radius 2 is 2.14 bits per heavy atom. The second-order valence-corrected chi connectivity index (χ2v) is 6.43. The van der Waals surface area contributed by atoms with Crippen LogP contribution in [0.25, 0.3) is 0 Å². The molecule has 6 heteroatoms. The molecule has 3 fully saturated rings. The zero-order valence-corrected chi connectivity index (χ0v) is 13.7. The fourth-order valence-electron chi connectivity index (χ4n) is 3.60. The third-order valence-corrected chi connectivity index (χ3v) is 4.78. The molecule has 0 amide bonds. The highest BCUT2D eigenvalue weighted by atomic mass is 16.5. The van der Waals surface area contributed by atoms with E-state index in [0.29, 0.717) is 18.2 Å². The molecule has 3 saturated heterocycles. The number of rotatable bonds is 6. The molecular weight excluding hydrogens is 280 g/mol. The molecule has 0 spiro atoms. The van der Waals surface area contributed by atoms with Crippen LogP contribution in [0.3, 0.4) is 0 Å². The quantitative estimate of drug-likeness (QED) is 0.427. The summed E-state index contributed by atoms with van der Waals surface area (Å²) >= 11 is 0. The number of ether oxygens (including phenoxy) is 2. The summed E-state index contributed by atoms with van der Waals surface area (Å²) in [6, 6.07) is 0.441. The van der Waals surface area contributed by atoms with Crippen LogP contribution in [-0.4, -0.2) is 75.0 Å². The molecular formula is C16H30N4O2. The van der Waals surface area contributed by atoms with Gasteiger partial charge in [0.05, 0.1) is 31.5 Å². The van der Waals surface area contributed by atoms with E-state index >= 15 is 0 Å². The van der Waals surface area contributed by atoms with Gasteiger partial charge in [-0.3, -0.25) is 9.89 Å². The van der Waals surface area contributed by atoms with Gasteiger partial charge >= 0.3 is 0 Å². The lowest BCUT2D eigenvalue weighted by molar-refractivity contribution is 0.0377. The van der Waals surface area contributed by atoms with Crippen LogP contribution < -0.4 is 10.6 Å². The Labute approximate surface area is 133 Å². The molecule has 126 valence electrons. The summed E-state index contributed by atoms with van der Waals surface area (Å²) in [5.74, 6) is 0.950. The lowest BCUT2D eigenvalue weighted by Gasteiger charge is -2.26. The molecule has 0 aromatic carbocycles. The third-order valence-electron chi connectivity index (χ3n) is 4.78. The van der Waals surface area contributed by atoms with Crippen LogP contribution in [0.4, 0.5) is 0 Å². The maximum absolute atomic E-state index is 5.91. The SMILES string of the molecule is CCNC(=NCCCN1CCOCC1)NC1CC2CCC1O2. The van der Waals surface area contributed by atoms with Crippen molar-refractivity contribution in [1.82, 2.24) is 15.5 Å². The highest BCUT2D eigenvalue weighted by molar-refractivity contribution is 5.80. The van der Waals surface area contributed by atoms with Gasteiger partial charge in [0.1, 0.15) is 0 Å². The Bertz CT molecular complexity index is 371. The molecule has 0 aliphatic carbocycles. The molecule has 0 radical (unpaired) electrons. The van der Waals surface area contributed by atoms with E-state index in [1.807, 2.05) is 0 Å². The molecule has 0 saturated carbocycles. The molecule has 3 aliphatic rings. The van der Waals surface area contributed by atoms with Crippen molar-refractivity contribution in [2.75, 3.05) is 45.9 Å². The van der Waals surface area contributed by atoms with Crippen molar-refractivity contribution in [3.63, 3.8) is 0 Å². The van der Waals surface area contributed by atoms with Crippen LogP contribution in [0.1, 0.15) is 32.6 Å². The van der Waals surface area contributed by atoms with Gasteiger partial charge in [0.15, 0.2) is 5.96 Å². The van der Waals surface area contributed by atoms with Crippen molar-refractivity contribution in [3.05, 3.63) is 0 Å². The van der Waals surface area contributed by atoms with Gasteiger partial charge in [0.2, 0.25) is 0 Å². The van der Waals surface area contributed by atoms with Gasteiger partial charge in [0, 0.05) is 32.7 Å². The second kappa shape index (κ2) is 8.13. The van der Waals surface area contributed by atoms with Gasteiger partial charge in [-0.25, -0.2) is 0 Å². The first-order valence-corrected chi connectivity index (χ1v) is 8.85. The van der Waals surface area contributed by atoms with Crippen LogP contribution in [0.15, 0.2) is 4.99 Å². The Balaban J connectivity index is 1.39. The van der Waals surface area contributed by atoms with Gasteiger partial charge in [-0.15, -0.1) is 0 Å². The first-order valence-electron chi connectivity index (χ1n) is 8.85. The summed E-state index contributed by atoms with van der Waals surface area (Å²) in [4.78, 5) is 7.19. The fourth-order valence-corrected chi connectivity index (χ4v) is 3.60. The highest BCUT2D eigenvalue weighted by Crippen LogP contribution is 2.34. The van der Waals surface area contributed by atoms with E-state index in [9.17, 15) is 0 Å². The second-order valence-electron chi connectivity index (χ2n) is 6.43. The van der Waals surface area contributed by atoms with E-state index in [2.05, 4.69) is 22.5 Å². The number of hydrogen-bond acceptors (Lipinski definition) is 4. The van der Waals surface area contributed by atoms with E-state index in [1.165, 1.54) is 12.8 Å². The summed E-state index contributed by atoms with van der Waals surface area (Å²) in [7, 11) is 0. The van der Waals surface area contributed by atoms with Crippen molar-refractivity contribution in [2.45, 2.75) is 50.9 Å². The zero-order valence-electron chi connectivity index (χ0n) is 13.7. The number of fused-ring (bicyclic) bond motifs is 2. The van der Waals surface area contributed by atoms with Crippen LogP contribution in [0, 0.1) is 0 Å². The number of hydrogen-bond donors (Lipinski definition) is 2. The Morgan fingerprint density at radius 3 is 2.82 bits per heavy atom. The molecule has 3 rings (SSSR count). The number of guanidine groups is 1.